The molecule has 1 unspecified atom stereocenters. The summed E-state index contributed by atoms with van der Waals surface area (Å²) in [6, 6.07) is 10.6. The average Bonchev–Trinajstić information content (AvgIpc) is 2.70. The second-order valence-electron chi connectivity index (χ2n) is 9.20. The molecular weight excluding hydrogens is 356 g/mol. The number of unbranched alkanes of at least 4 members (excludes halogenated alkanes) is 10. The molecule has 1 atom stereocenters. The Bertz CT molecular complexity index is 527. The zero-order chi connectivity index (χ0) is 21.4. The van der Waals surface area contributed by atoms with Crippen molar-refractivity contribution in [3.05, 3.63) is 35.9 Å². The quantitative estimate of drug-likeness (QED) is 0.173. The summed E-state index contributed by atoms with van der Waals surface area (Å²) < 4.78 is 0.782. The minimum absolute atomic E-state index is 0.162. The van der Waals surface area contributed by atoms with E-state index in [1.165, 1.54) is 69.8 Å². The molecule has 3 heteroatoms. The molecule has 0 aliphatic heterocycles. The van der Waals surface area contributed by atoms with E-state index < -0.39 is 0 Å². The number of benzene rings is 1. The van der Waals surface area contributed by atoms with Gasteiger partial charge in [-0.2, -0.15) is 0 Å². The molecule has 29 heavy (non-hydrogen) atoms. The van der Waals surface area contributed by atoms with Gasteiger partial charge < -0.3 is 9.80 Å². The van der Waals surface area contributed by atoms with Crippen LogP contribution in [0.15, 0.2) is 30.3 Å². The maximum absolute atomic E-state index is 12.5. The Balaban J connectivity index is 2.15. The van der Waals surface area contributed by atoms with Gasteiger partial charge in [0.25, 0.3) is 0 Å². The van der Waals surface area contributed by atoms with Crippen LogP contribution in [0, 0.1) is 0 Å². The molecule has 1 amide bonds. The highest BCUT2D eigenvalue weighted by atomic mass is 16.1. The monoisotopic (exact) mass is 403 g/mol. The van der Waals surface area contributed by atoms with Gasteiger partial charge in [-0.1, -0.05) is 108 Å². The van der Waals surface area contributed by atoms with Gasteiger partial charge in [0, 0.05) is 18.4 Å². The lowest BCUT2D eigenvalue weighted by molar-refractivity contribution is -0.930. The highest BCUT2D eigenvalue weighted by molar-refractivity contribution is 5.75. The van der Waals surface area contributed by atoms with Crippen molar-refractivity contribution in [3.63, 3.8) is 0 Å². The first-order valence-corrected chi connectivity index (χ1v) is 12.2. The summed E-state index contributed by atoms with van der Waals surface area (Å²) in [5.74, 6) is 0.215. The zero-order valence-electron chi connectivity index (χ0n) is 19.7. The molecule has 1 aromatic rings. The van der Waals surface area contributed by atoms with Crippen LogP contribution in [0.4, 0.5) is 0 Å². The lowest BCUT2D eigenvalue weighted by Crippen LogP contribution is -2.56. The van der Waals surface area contributed by atoms with Crippen LogP contribution in [0.2, 0.25) is 0 Å². The molecule has 0 saturated heterocycles. The van der Waals surface area contributed by atoms with Gasteiger partial charge in [-0.15, -0.1) is 0 Å². The molecule has 0 saturated carbocycles. The van der Waals surface area contributed by atoms with E-state index in [9.17, 15) is 4.79 Å². The van der Waals surface area contributed by atoms with E-state index in [0.29, 0.717) is 6.42 Å². The van der Waals surface area contributed by atoms with Crippen molar-refractivity contribution in [1.29, 1.82) is 0 Å². The van der Waals surface area contributed by atoms with Crippen LogP contribution in [-0.4, -0.2) is 30.7 Å². The van der Waals surface area contributed by atoms with Crippen LogP contribution in [0.25, 0.3) is 0 Å². The Morgan fingerprint density at radius 2 is 1.34 bits per heavy atom. The standard InChI is InChI=1S/C26H46N2O/c1-5-7-8-9-10-11-12-13-14-15-19-22-26(29)27-25(6-2)28(3,4)23-24-20-17-16-18-21-24/h16-18,20-21,25H,5-15,19,22-23H2,1-4H3/p+1. The van der Waals surface area contributed by atoms with Crippen LogP contribution >= 0.6 is 0 Å². The predicted octanol–water partition coefficient (Wildman–Crippen LogP) is 6.82. The fourth-order valence-corrected chi connectivity index (χ4v) is 4.14. The second-order valence-corrected chi connectivity index (χ2v) is 9.20. The van der Waals surface area contributed by atoms with Crippen molar-refractivity contribution in [2.24, 2.45) is 0 Å². The smallest absolute Gasteiger partial charge is 0.224 e. The highest BCUT2D eigenvalue weighted by Crippen LogP contribution is 2.16. The molecule has 1 rings (SSSR count). The van der Waals surface area contributed by atoms with Gasteiger partial charge in [0.1, 0.15) is 6.54 Å². The molecule has 1 N–H and O–H groups in total. The third-order valence-electron chi connectivity index (χ3n) is 6.00. The van der Waals surface area contributed by atoms with Crippen LogP contribution in [-0.2, 0) is 11.3 Å². The summed E-state index contributed by atoms with van der Waals surface area (Å²) in [6.45, 7) is 5.36. The molecule has 0 aliphatic carbocycles. The third kappa shape index (κ3) is 12.1. The second kappa shape index (κ2) is 15.5. The normalized spacial score (nSPS) is 12.7. The van der Waals surface area contributed by atoms with Crippen molar-refractivity contribution in [2.75, 3.05) is 14.1 Å². The number of nitrogens with zero attached hydrogens (tertiary/aromatic N) is 1. The topological polar surface area (TPSA) is 29.1 Å². The van der Waals surface area contributed by atoms with Crippen molar-refractivity contribution in [1.82, 2.24) is 5.32 Å². The molecule has 3 nitrogen and oxygen atoms in total. The van der Waals surface area contributed by atoms with Gasteiger partial charge in [-0.25, -0.2) is 0 Å². The van der Waals surface area contributed by atoms with Gasteiger partial charge in [-0.05, 0) is 6.42 Å². The number of hydrogen-bond acceptors (Lipinski definition) is 1. The minimum Gasteiger partial charge on any atom is -0.307 e. The Morgan fingerprint density at radius 1 is 0.828 bits per heavy atom. The van der Waals surface area contributed by atoms with Crippen molar-refractivity contribution >= 4 is 5.91 Å². The third-order valence-corrected chi connectivity index (χ3v) is 6.00. The molecule has 1 aromatic carbocycles. The fourth-order valence-electron chi connectivity index (χ4n) is 4.14. The summed E-state index contributed by atoms with van der Waals surface area (Å²) in [5, 5.41) is 3.30. The van der Waals surface area contributed by atoms with E-state index in [2.05, 4.69) is 63.6 Å². The van der Waals surface area contributed by atoms with E-state index >= 15 is 0 Å². The summed E-state index contributed by atoms with van der Waals surface area (Å²) in [7, 11) is 4.42. The molecule has 0 aromatic heterocycles. The number of rotatable bonds is 17. The number of amides is 1. The van der Waals surface area contributed by atoms with E-state index in [4.69, 9.17) is 0 Å². The predicted molar refractivity (Wildman–Crippen MR) is 126 cm³/mol. The number of hydrogen-bond donors (Lipinski definition) is 1. The van der Waals surface area contributed by atoms with Crippen LogP contribution in [0.3, 0.4) is 0 Å². The van der Waals surface area contributed by atoms with Crippen molar-refractivity contribution in [3.8, 4) is 0 Å². The number of nitrogens with one attached hydrogen (secondary N) is 1. The summed E-state index contributed by atoms with van der Waals surface area (Å²) in [5.41, 5.74) is 1.32. The number of carbonyl (C=O) groups excluding carboxylic acids is 1. The zero-order valence-corrected chi connectivity index (χ0v) is 19.7. The Morgan fingerprint density at radius 3 is 1.86 bits per heavy atom. The van der Waals surface area contributed by atoms with Crippen molar-refractivity contribution < 1.29 is 9.28 Å². The molecule has 0 spiro atoms. The Kier molecular flexibility index (Phi) is 13.7. The van der Waals surface area contributed by atoms with Crippen LogP contribution < -0.4 is 5.32 Å². The van der Waals surface area contributed by atoms with Gasteiger partial charge in [0.05, 0.1) is 14.1 Å². The van der Waals surface area contributed by atoms with E-state index in [-0.39, 0.29) is 12.1 Å². The molecule has 0 aliphatic rings. The maximum atomic E-state index is 12.5. The molecule has 0 bridgehead atoms. The first kappa shape index (κ1) is 25.7. The molecule has 0 fully saturated rings. The van der Waals surface area contributed by atoms with Gasteiger partial charge in [0.2, 0.25) is 5.91 Å². The number of quaternary nitrogens is 1. The lowest BCUT2D eigenvalue weighted by atomic mass is 10.1. The average molecular weight is 404 g/mol. The van der Waals surface area contributed by atoms with E-state index in [1.54, 1.807) is 0 Å². The summed E-state index contributed by atoms with van der Waals surface area (Å²) in [4.78, 5) is 12.5. The fraction of sp³-hybridized carbons (Fsp3) is 0.731. The number of carbonyl (C=O) groups is 1. The lowest BCUT2D eigenvalue weighted by Gasteiger charge is -2.38. The minimum atomic E-state index is 0.162. The van der Waals surface area contributed by atoms with E-state index in [0.717, 1.165) is 23.9 Å². The maximum Gasteiger partial charge on any atom is 0.224 e. The van der Waals surface area contributed by atoms with Crippen LogP contribution in [0.5, 0.6) is 0 Å². The summed E-state index contributed by atoms with van der Waals surface area (Å²) >= 11 is 0. The van der Waals surface area contributed by atoms with Gasteiger partial charge in [0.15, 0.2) is 6.17 Å². The first-order valence-electron chi connectivity index (χ1n) is 12.2. The van der Waals surface area contributed by atoms with Crippen LogP contribution in [0.1, 0.15) is 103 Å². The van der Waals surface area contributed by atoms with E-state index in [1.807, 2.05) is 0 Å². The Hall–Kier alpha value is -1.35. The SMILES string of the molecule is CCCCCCCCCCCCCC(=O)NC(CC)[N+](C)(C)Cc1ccccc1. The molecule has 166 valence electrons. The largest absolute Gasteiger partial charge is 0.307 e. The highest BCUT2D eigenvalue weighted by Gasteiger charge is 2.28. The first-order chi connectivity index (χ1) is 14.0. The summed E-state index contributed by atoms with van der Waals surface area (Å²) in [6.07, 6.45) is 16.3. The molecular formula is C26H47N2O+. The van der Waals surface area contributed by atoms with Crippen molar-refractivity contribution in [2.45, 2.75) is 110 Å². The molecule has 0 radical (unpaired) electrons. The van der Waals surface area contributed by atoms with Gasteiger partial charge >= 0.3 is 0 Å². The van der Waals surface area contributed by atoms with Gasteiger partial charge in [-0.3, -0.25) is 4.79 Å². The molecule has 0 heterocycles. The Labute approximate surface area is 180 Å².